The van der Waals surface area contributed by atoms with E-state index in [4.69, 9.17) is 9.98 Å². The van der Waals surface area contributed by atoms with Gasteiger partial charge >= 0.3 is 0 Å². The van der Waals surface area contributed by atoms with Gasteiger partial charge in [-0.15, -0.1) is 0 Å². The number of hydrogen-bond acceptors (Lipinski definition) is 8. The molecule has 5 rings (SSSR count). The maximum atomic E-state index is 11.2. The van der Waals surface area contributed by atoms with Crippen LogP contribution >= 0.6 is 0 Å². The number of phenolic OH excluding ortho intramolecular Hbond substituents is 4. The van der Waals surface area contributed by atoms with E-state index in [2.05, 4.69) is 117 Å². The number of hydrogen-bond donors (Lipinski definition) is 4. The smallest absolute Gasteiger partial charge is 0.128 e. The van der Waals surface area contributed by atoms with E-state index in [0.717, 1.165) is 47.9 Å². The largest absolute Gasteiger partial charge is 0.507 e. The number of benzene rings is 4. The molecule has 0 bridgehead atoms. The van der Waals surface area contributed by atoms with E-state index in [0.29, 0.717) is 35.7 Å². The molecule has 4 N–H and O–H groups in total. The van der Waals surface area contributed by atoms with Crippen molar-refractivity contribution in [2.45, 2.75) is 143 Å². The summed E-state index contributed by atoms with van der Waals surface area (Å²) in [7, 11) is 0. The number of phenols is 4. The van der Waals surface area contributed by atoms with Gasteiger partial charge in [-0.25, -0.2) is 0 Å². The fraction of sp³-hybridized carbons (Fsp3) is 0.462. The summed E-state index contributed by atoms with van der Waals surface area (Å²) in [5.74, 6) is 1.07. The van der Waals surface area contributed by atoms with Crippen molar-refractivity contribution < 1.29 is 20.4 Å². The molecule has 60 heavy (non-hydrogen) atoms. The zero-order valence-electron chi connectivity index (χ0n) is 38.2. The van der Waals surface area contributed by atoms with Gasteiger partial charge in [0.2, 0.25) is 0 Å². The normalized spacial score (nSPS) is 16.9. The highest BCUT2D eigenvalue weighted by Crippen LogP contribution is 2.39. The van der Waals surface area contributed by atoms with Crippen molar-refractivity contribution in [1.82, 2.24) is 0 Å². The molecule has 4 aromatic rings. The number of nitrogens with zero attached hydrogens (tertiary/aromatic N) is 4. The molecule has 1 aliphatic rings. The summed E-state index contributed by atoms with van der Waals surface area (Å²) in [4.78, 5) is 18.4. The van der Waals surface area contributed by atoms with Crippen molar-refractivity contribution in [2.75, 3.05) is 13.1 Å². The quantitative estimate of drug-likeness (QED) is 0.0990. The minimum atomic E-state index is -0.179. The summed E-state index contributed by atoms with van der Waals surface area (Å²) in [6.45, 7) is 27.1. The average Bonchev–Trinajstić information content (AvgIpc) is 3.15. The molecule has 0 aliphatic heterocycles. The van der Waals surface area contributed by atoms with Gasteiger partial charge in [0.25, 0.3) is 0 Å². The highest BCUT2D eigenvalue weighted by Gasteiger charge is 2.28. The second kappa shape index (κ2) is 19.9. The topological polar surface area (TPSA) is 130 Å². The molecule has 1 fully saturated rings. The summed E-state index contributed by atoms with van der Waals surface area (Å²) in [6, 6.07) is 22.6. The van der Waals surface area contributed by atoms with Crippen LogP contribution in [0.2, 0.25) is 0 Å². The third kappa shape index (κ3) is 13.4. The molecular formula is C52H70N4O4. The number of aromatic hydroxyl groups is 4. The van der Waals surface area contributed by atoms with Crippen LogP contribution in [0.25, 0.3) is 0 Å². The van der Waals surface area contributed by atoms with E-state index in [1.54, 1.807) is 48.8 Å². The van der Waals surface area contributed by atoms with Crippen molar-refractivity contribution in [3.05, 3.63) is 117 Å². The van der Waals surface area contributed by atoms with Gasteiger partial charge < -0.3 is 20.4 Å². The Balaban J connectivity index is 0.000000331. The summed E-state index contributed by atoms with van der Waals surface area (Å²) in [5.41, 5.74) is 6.78. The van der Waals surface area contributed by atoms with E-state index < -0.39 is 0 Å². The van der Waals surface area contributed by atoms with E-state index in [9.17, 15) is 20.4 Å². The van der Waals surface area contributed by atoms with Crippen LogP contribution in [0.15, 0.2) is 92.8 Å². The Hall–Kier alpha value is -5.24. The fourth-order valence-corrected chi connectivity index (χ4v) is 6.95. The number of para-hydroxylation sites is 2. The monoisotopic (exact) mass is 815 g/mol. The minimum absolute atomic E-state index is 0.0378. The second-order valence-electron chi connectivity index (χ2n) is 20.1. The predicted molar refractivity (Wildman–Crippen MR) is 253 cm³/mol. The molecule has 0 aromatic heterocycles. The molecule has 0 heterocycles. The lowest BCUT2D eigenvalue weighted by Gasteiger charge is -2.28. The Morgan fingerprint density at radius 2 is 0.817 bits per heavy atom. The van der Waals surface area contributed by atoms with Crippen LogP contribution in [0.1, 0.15) is 153 Å². The Morgan fingerprint density at radius 1 is 0.467 bits per heavy atom. The molecule has 0 spiro atoms. The van der Waals surface area contributed by atoms with Gasteiger partial charge in [0.05, 0.1) is 25.2 Å². The molecule has 8 heteroatoms. The Bertz CT molecular complexity index is 2020. The number of rotatable bonds is 9. The van der Waals surface area contributed by atoms with Gasteiger partial charge in [0, 0.05) is 58.2 Å². The Labute approximate surface area is 360 Å². The Kier molecular flexibility index (Phi) is 15.7. The van der Waals surface area contributed by atoms with Crippen LogP contribution in [-0.4, -0.2) is 70.5 Å². The highest BCUT2D eigenvalue weighted by molar-refractivity contribution is 5.87. The maximum Gasteiger partial charge on any atom is 0.128 e. The molecule has 0 amide bonds. The van der Waals surface area contributed by atoms with Crippen molar-refractivity contribution in [2.24, 2.45) is 20.0 Å². The molecule has 4 aromatic carbocycles. The summed E-state index contributed by atoms with van der Waals surface area (Å²) in [6.07, 6.45) is 11.2. The van der Waals surface area contributed by atoms with Crippen LogP contribution in [0.5, 0.6) is 23.0 Å². The summed E-state index contributed by atoms with van der Waals surface area (Å²) >= 11 is 0. The zero-order chi connectivity index (χ0) is 44.5. The highest BCUT2D eigenvalue weighted by atomic mass is 16.3. The van der Waals surface area contributed by atoms with Gasteiger partial charge in [-0.3, -0.25) is 20.0 Å². The summed E-state index contributed by atoms with van der Waals surface area (Å²) in [5, 5.41) is 41.5. The van der Waals surface area contributed by atoms with Crippen LogP contribution in [0.4, 0.5) is 0 Å². The van der Waals surface area contributed by atoms with Gasteiger partial charge in [-0.2, -0.15) is 0 Å². The van der Waals surface area contributed by atoms with Gasteiger partial charge in [0.15, 0.2) is 0 Å². The average molecular weight is 815 g/mol. The fourth-order valence-electron chi connectivity index (χ4n) is 6.95. The lowest BCUT2D eigenvalue weighted by molar-refractivity contribution is 0.389. The van der Waals surface area contributed by atoms with Crippen molar-refractivity contribution >= 4 is 24.9 Å². The Morgan fingerprint density at radius 3 is 1.13 bits per heavy atom. The standard InChI is InChI=1S/C36H54N2O2.C16H16N2O2/c1-33(2,3)25-17-23(31(39)27(19-25)35(7,8)9)21-37-29-15-13-14-16-30(29)38-22-24-18-26(34(4,5)6)20-28(32(24)40)36(10,11)12;19-15-7-3-1-5-13(15)11-17-9-10-18-12-14-6-2-4-8-16(14)20/h17-22,29-30,39-40H,13-16H2,1-12H3;1-8,11-12,19-20H,9-10H2. The first-order valence-electron chi connectivity index (χ1n) is 21.3. The molecular weight excluding hydrogens is 745 g/mol. The van der Waals surface area contributed by atoms with Crippen molar-refractivity contribution in [3.8, 4) is 23.0 Å². The molecule has 322 valence electrons. The van der Waals surface area contributed by atoms with E-state index in [-0.39, 0.29) is 45.2 Å². The zero-order valence-corrected chi connectivity index (χ0v) is 38.2. The first-order valence-corrected chi connectivity index (χ1v) is 21.3. The lowest BCUT2D eigenvalue weighted by atomic mass is 9.79. The molecule has 2 atom stereocenters. The van der Waals surface area contributed by atoms with Crippen molar-refractivity contribution in [1.29, 1.82) is 0 Å². The minimum Gasteiger partial charge on any atom is -0.507 e. The van der Waals surface area contributed by atoms with Crippen LogP contribution in [-0.2, 0) is 21.7 Å². The number of aliphatic imine (C=N–C) groups is 4. The van der Waals surface area contributed by atoms with Crippen LogP contribution in [0, 0.1) is 0 Å². The lowest BCUT2D eigenvalue weighted by Crippen LogP contribution is -2.27. The molecule has 0 radical (unpaired) electrons. The first-order chi connectivity index (χ1) is 28.0. The van der Waals surface area contributed by atoms with Gasteiger partial charge in [0.1, 0.15) is 23.0 Å². The van der Waals surface area contributed by atoms with E-state index in [1.807, 2.05) is 24.6 Å². The van der Waals surface area contributed by atoms with Crippen LogP contribution in [0.3, 0.4) is 0 Å². The first kappa shape index (κ1) is 47.4. The third-order valence-corrected chi connectivity index (χ3v) is 10.8. The molecule has 2 unspecified atom stereocenters. The molecule has 1 saturated carbocycles. The molecule has 8 nitrogen and oxygen atoms in total. The predicted octanol–water partition coefficient (Wildman–Crippen LogP) is 11.8. The van der Waals surface area contributed by atoms with E-state index >= 15 is 0 Å². The SMILES string of the molecule is CC(C)(C)c1cc(C=NC2CCCCC2N=Cc2cc(C(C)(C)C)cc(C(C)(C)C)c2O)c(O)c(C(C)(C)C)c1.Oc1ccccc1C=NCCN=Cc1ccccc1O. The second-order valence-corrected chi connectivity index (χ2v) is 20.1. The molecule has 0 saturated heterocycles. The van der Waals surface area contributed by atoms with Crippen LogP contribution < -0.4 is 0 Å². The maximum absolute atomic E-state index is 11.2. The van der Waals surface area contributed by atoms with Gasteiger partial charge in [-0.1, -0.05) is 132 Å². The summed E-state index contributed by atoms with van der Waals surface area (Å²) < 4.78 is 0. The molecule has 1 aliphatic carbocycles. The van der Waals surface area contributed by atoms with Crippen molar-refractivity contribution in [3.63, 3.8) is 0 Å². The van der Waals surface area contributed by atoms with Gasteiger partial charge in [-0.05, 0) is 82.0 Å². The third-order valence-electron chi connectivity index (χ3n) is 10.8. The van der Waals surface area contributed by atoms with E-state index in [1.165, 1.54) is 11.1 Å².